The van der Waals surface area contributed by atoms with Crippen LogP contribution in [-0.2, 0) is 4.79 Å². The quantitative estimate of drug-likeness (QED) is 0.847. The molecule has 0 aliphatic heterocycles. The van der Waals surface area contributed by atoms with E-state index in [0.29, 0.717) is 0 Å². The molecule has 76 valence electrons. The fraction of sp³-hybridized carbons (Fsp3) is 0.222. The largest absolute Gasteiger partial charge is 0.479 e. The van der Waals surface area contributed by atoms with Crippen LogP contribution >= 0.6 is 11.6 Å². The van der Waals surface area contributed by atoms with Gasteiger partial charge in [0.25, 0.3) is 0 Å². The van der Waals surface area contributed by atoms with Gasteiger partial charge in [-0.15, -0.1) is 0 Å². The highest BCUT2D eigenvalue weighted by Crippen LogP contribution is 2.25. The van der Waals surface area contributed by atoms with Gasteiger partial charge in [-0.1, -0.05) is 11.6 Å². The predicted octanol–water partition coefficient (Wildman–Crippen LogP) is 2.33. The van der Waals surface area contributed by atoms with Gasteiger partial charge in [0.2, 0.25) is 0 Å². The molecule has 0 heterocycles. The second kappa shape index (κ2) is 4.28. The highest BCUT2D eigenvalue weighted by molar-refractivity contribution is 6.32. The first-order chi connectivity index (χ1) is 6.50. The van der Waals surface area contributed by atoms with E-state index in [1.807, 2.05) is 0 Å². The number of hydrogen-bond acceptors (Lipinski definition) is 2. The second-order valence-electron chi connectivity index (χ2n) is 2.67. The number of hydrogen-bond donors (Lipinski definition) is 1. The number of ether oxygens (including phenoxy) is 1. The third-order valence-electron chi connectivity index (χ3n) is 1.54. The Morgan fingerprint density at radius 2 is 2.29 bits per heavy atom. The second-order valence-corrected chi connectivity index (χ2v) is 3.08. The standard InChI is InChI=1S/C9H8ClFO3/c1-5(9(12)13)14-8-4-6(11)2-3-7(8)10/h2-5H,1H3,(H,12,13)/t5-/m1/s1. The number of carboxylic acids is 1. The van der Waals surface area contributed by atoms with Crippen molar-refractivity contribution in [1.82, 2.24) is 0 Å². The Balaban J connectivity index is 2.85. The van der Waals surface area contributed by atoms with Crippen LogP contribution in [0.15, 0.2) is 18.2 Å². The fourth-order valence-electron chi connectivity index (χ4n) is 0.808. The summed E-state index contributed by atoms with van der Waals surface area (Å²) in [5.74, 6) is -1.63. The fourth-order valence-corrected chi connectivity index (χ4v) is 0.970. The van der Waals surface area contributed by atoms with Crippen molar-refractivity contribution < 1.29 is 19.0 Å². The van der Waals surface area contributed by atoms with E-state index in [2.05, 4.69) is 0 Å². The van der Waals surface area contributed by atoms with Gasteiger partial charge in [0.1, 0.15) is 11.6 Å². The Bertz CT molecular complexity index is 354. The summed E-state index contributed by atoms with van der Waals surface area (Å²) in [4.78, 5) is 10.4. The van der Waals surface area contributed by atoms with E-state index >= 15 is 0 Å². The van der Waals surface area contributed by atoms with Gasteiger partial charge in [-0.2, -0.15) is 0 Å². The Morgan fingerprint density at radius 1 is 1.64 bits per heavy atom. The van der Waals surface area contributed by atoms with E-state index in [-0.39, 0.29) is 10.8 Å². The molecule has 0 aliphatic carbocycles. The Labute approximate surface area is 85.1 Å². The average Bonchev–Trinajstić information content (AvgIpc) is 2.11. The van der Waals surface area contributed by atoms with E-state index in [1.165, 1.54) is 19.1 Å². The Kier molecular flexibility index (Phi) is 3.30. The lowest BCUT2D eigenvalue weighted by Gasteiger charge is -2.11. The molecule has 0 radical (unpaired) electrons. The first kappa shape index (κ1) is 10.8. The van der Waals surface area contributed by atoms with Crippen molar-refractivity contribution in [2.24, 2.45) is 0 Å². The van der Waals surface area contributed by atoms with Crippen LogP contribution in [-0.4, -0.2) is 17.2 Å². The molecule has 1 aromatic carbocycles. The lowest BCUT2D eigenvalue weighted by atomic mass is 10.3. The number of carboxylic acid groups (broad SMARTS) is 1. The van der Waals surface area contributed by atoms with Gasteiger partial charge in [-0.25, -0.2) is 9.18 Å². The number of aliphatic carboxylic acids is 1. The average molecular weight is 219 g/mol. The summed E-state index contributed by atoms with van der Waals surface area (Å²) < 4.78 is 17.6. The normalized spacial score (nSPS) is 12.2. The third-order valence-corrected chi connectivity index (χ3v) is 1.86. The Hall–Kier alpha value is -1.29. The van der Waals surface area contributed by atoms with Gasteiger partial charge in [0.05, 0.1) is 5.02 Å². The van der Waals surface area contributed by atoms with Gasteiger partial charge in [-0.3, -0.25) is 0 Å². The molecule has 0 aliphatic rings. The van der Waals surface area contributed by atoms with E-state index in [0.717, 1.165) is 6.07 Å². The van der Waals surface area contributed by atoms with Crippen molar-refractivity contribution in [2.45, 2.75) is 13.0 Å². The van der Waals surface area contributed by atoms with E-state index in [9.17, 15) is 9.18 Å². The van der Waals surface area contributed by atoms with E-state index < -0.39 is 17.9 Å². The molecule has 0 aromatic heterocycles. The molecule has 0 fully saturated rings. The summed E-state index contributed by atoms with van der Waals surface area (Å²) in [5, 5.41) is 8.72. The lowest BCUT2D eigenvalue weighted by molar-refractivity contribution is -0.144. The third kappa shape index (κ3) is 2.60. The van der Waals surface area contributed by atoms with E-state index in [4.69, 9.17) is 21.4 Å². The van der Waals surface area contributed by atoms with Crippen LogP contribution in [0.2, 0.25) is 5.02 Å². The molecule has 0 saturated heterocycles. The van der Waals surface area contributed by atoms with Crippen molar-refractivity contribution in [2.75, 3.05) is 0 Å². The van der Waals surface area contributed by atoms with Gasteiger partial charge >= 0.3 is 5.97 Å². The molecule has 5 heteroatoms. The summed E-state index contributed by atoms with van der Waals surface area (Å²) in [5.41, 5.74) is 0. The minimum absolute atomic E-state index is 0.0292. The van der Waals surface area contributed by atoms with Crippen molar-refractivity contribution in [3.63, 3.8) is 0 Å². The number of benzene rings is 1. The number of carbonyl (C=O) groups is 1. The highest BCUT2D eigenvalue weighted by atomic mass is 35.5. The summed E-state index contributed by atoms with van der Waals surface area (Å²) in [7, 11) is 0. The first-order valence-corrected chi connectivity index (χ1v) is 4.23. The van der Waals surface area contributed by atoms with Gasteiger partial charge in [0.15, 0.2) is 6.10 Å². The van der Waals surface area contributed by atoms with Crippen LogP contribution in [0.5, 0.6) is 5.75 Å². The molecule has 3 nitrogen and oxygen atoms in total. The summed E-state index contributed by atoms with van der Waals surface area (Å²) in [6, 6.07) is 3.52. The predicted molar refractivity (Wildman–Crippen MR) is 49.1 cm³/mol. The smallest absolute Gasteiger partial charge is 0.344 e. The SMILES string of the molecule is C[C@@H](Oc1cc(F)ccc1Cl)C(=O)O. The minimum Gasteiger partial charge on any atom is -0.479 e. The molecule has 0 unspecified atom stereocenters. The molecule has 0 spiro atoms. The van der Waals surface area contributed by atoms with Gasteiger partial charge in [-0.05, 0) is 19.1 Å². The minimum atomic E-state index is -1.13. The maximum Gasteiger partial charge on any atom is 0.344 e. The van der Waals surface area contributed by atoms with Crippen LogP contribution in [0.25, 0.3) is 0 Å². The molecular weight excluding hydrogens is 211 g/mol. The maximum absolute atomic E-state index is 12.7. The molecule has 14 heavy (non-hydrogen) atoms. The van der Waals surface area contributed by atoms with E-state index in [1.54, 1.807) is 0 Å². The topological polar surface area (TPSA) is 46.5 Å². The van der Waals surface area contributed by atoms with Crippen LogP contribution in [0.1, 0.15) is 6.92 Å². The summed E-state index contributed by atoms with van der Waals surface area (Å²) in [6.45, 7) is 1.34. The molecule has 1 N–H and O–H groups in total. The van der Waals surface area contributed by atoms with Crippen LogP contribution < -0.4 is 4.74 Å². The van der Waals surface area contributed by atoms with Crippen molar-refractivity contribution in [3.8, 4) is 5.75 Å². The maximum atomic E-state index is 12.7. The molecule has 0 amide bonds. The van der Waals surface area contributed by atoms with Crippen LogP contribution in [0, 0.1) is 5.82 Å². The molecule has 1 aromatic rings. The molecule has 0 saturated carbocycles. The zero-order chi connectivity index (χ0) is 10.7. The summed E-state index contributed by atoms with van der Waals surface area (Å²) in [6.07, 6.45) is -1.06. The zero-order valence-electron chi connectivity index (χ0n) is 7.33. The van der Waals surface area contributed by atoms with Crippen LogP contribution in [0.3, 0.4) is 0 Å². The number of rotatable bonds is 3. The van der Waals surface area contributed by atoms with Gasteiger partial charge in [0, 0.05) is 6.07 Å². The van der Waals surface area contributed by atoms with Crippen LogP contribution in [0.4, 0.5) is 4.39 Å². The van der Waals surface area contributed by atoms with Gasteiger partial charge < -0.3 is 9.84 Å². The highest BCUT2D eigenvalue weighted by Gasteiger charge is 2.14. The molecule has 1 rings (SSSR count). The monoisotopic (exact) mass is 218 g/mol. The zero-order valence-corrected chi connectivity index (χ0v) is 8.08. The Morgan fingerprint density at radius 3 is 2.86 bits per heavy atom. The molecule has 1 atom stereocenters. The van der Waals surface area contributed by atoms with Crippen molar-refractivity contribution in [3.05, 3.63) is 29.0 Å². The lowest BCUT2D eigenvalue weighted by Crippen LogP contribution is -2.23. The summed E-state index contributed by atoms with van der Waals surface area (Å²) >= 11 is 5.66. The van der Waals surface area contributed by atoms with Crippen molar-refractivity contribution >= 4 is 17.6 Å². The molecule has 0 bridgehead atoms. The number of halogens is 2. The molecular formula is C9H8ClFO3. The first-order valence-electron chi connectivity index (χ1n) is 3.85. The van der Waals surface area contributed by atoms with Crippen molar-refractivity contribution in [1.29, 1.82) is 0 Å².